The molecule has 2 saturated carbocycles. The molecule has 6 rings (SSSR count). The van der Waals surface area contributed by atoms with Crippen LogP contribution < -0.4 is 0 Å². The van der Waals surface area contributed by atoms with Gasteiger partial charge in [0.15, 0.2) is 0 Å². The van der Waals surface area contributed by atoms with E-state index in [9.17, 15) is 14.3 Å². The molecule has 4 fully saturated rings. The molecule has 7 heteroatoms. The molecule has 0 spiro atoms. The number of halogens is 1. The molecule has 0 amide bonds. The van der Waals surface area contributed by atoms with Crippen molar-refractivity contribution in [1.29, 1.82) is 0 Å². The zero-order valence-corrected chi connectivity index (χ0v) is 25.0. The topological polar surface area (TPSA) is 61.6 Å². The van der Waals surface area contributed by atoms with Crippen molar-refractivity contribution in [3.63, 3.8) is 0 Å². The van der Waals surface area contributed by atoms with Gasteiger partial charge in [-0.15, -0.1) is 0 Å². The predicted molar refractivity (Wildman–Crippen MR) is 157 cm³/mol. The van der Waals surface area contributed by atoms with E-state index in [0.717, 1.165) is 45.4 Å². The van der Waals surface area contributed by atoms with Crippen molar-refractivity contribution < 1.29 is 14.3 Å². The lowest BCUT2D eigenvalue weighted by atomic mass is 9.82. The smallest absolute Gasteiger partial charge is 0.310 e. The van der Waals surface area contributed by atoms with Gasteiger partial charge >= 0.3 is 5.97 Å². The minimum absolute atomic E-state index is 0.178. The second-order valence-electron chi connectivity index (χ2n) is 13.2. The summed E-state index contributed by atoms with van der Waals surface area (Å²) in [6, 6.07) is 7.94. The number of fused-ring (bicyclic) bond motifs is 1. The third-order valence-corrected chi connectivity index (χ3v) is 10.4. The molecular formula is C33H49FN4O2. The monoisotopic (exact) mass is 552 g/mol. The first kappa shape index (κ1) is 29.2. The van der Waals surface area contributed by atoms with Gasteiger partial charge in [-0.25, -0.2) is 4.39 Å². The first-order chi connectivity index (χ1) is 19.2. The summed E-state index contributed by atoms with van der Waals surface area (Å²) in [5.41, 5.74) is 3.73. The van der Waals surface area contributed by atoms with Crippen LogP contribution in [-0.4, -0.2) is 69.9 Å². The number of piperidine rings is 1. The van der Waals surface area contributed by atoms with Gasteiger partial charge in [0.2, 0.25) is 0 Å². The van der Waals surface area contributed by atoms with Crippen LogP contribution >= 0.6 is 0 Å². The maximum Gasteiger partial charge on any atom is 0.310 e. The number of aliphatic carboxylic acids is 1. The first-order valence-corrected chi connectivity index (χ1v) is 15.7. The summed E-state index contributed by atoms with van der Waals surface area (Å²) in [4.78, 5) is 17.3. The maximum absolute atomic E-state index is 12.2. The number of nitrogens with zero attached hydrogens (tertiary/aromatic N) is 4. The molecule has 2 unspecified atom stereocenters. The zero-order valence-electron chi connectivity index (χ0n) is 25.0. The Hall–Kier alpha value is -2.25. The van der Waals surface area contributed by atoms with E-state index < -0.39 is 11.4 Å². The first-order valence-electron chi connectivity index (χ1n) is 15.7. The largest absolute Gasteiger partial charge is 0.481 e. The lowest BCUT2D eigenvalue weighted by Crippen LogP contribution is -2.42. The Bertz CT molecular complexity index is 1130. The van der Waals surface area contributed by atoms with E-state index in [4.69, 9.17) is 5.10 Å². The molecule has 220 valence electrons. The molecule has 6 nitrogen and oxygen atoms in total. The molecule has 3 heterocycles. The van der Waals surface area contributed by atoms with Crippen LogP contribution in [0.15, 0.2) is 30.3 Å². The third-order valence-electron chi connectivity index (χ3n) is 10.4. The highest BCUT2D eigenvalue weighted by Gasteiger charge is 2.58. The van der Waals surface area contributed by atoms with Crippen molar-refractivity contribution in [3.8, 4) is 0 Å². The summed E-state index contributed by atoms with van der Waals surface area (Å²) < 4.78 is 14.2. The average molecular weight is 553 g/mol. The summed E-state index contributed by atoms with van der Waals surface area (Å²) in [5.74, 6) is 2.65. The number of carboxylic acids is 1. The summed E-state index contributed by atoms with van der Waals surface area (Å²) in [7, 11) is 0. The van der Waals surface area contributed by atoms with E-state index in [0.29, 0.717) is 29.6 Å². The quantitative estimate of drug-likeness (QED) is 0.445. The Labute approximate surface area is 239 Å². The number of benzene rings is 1. The Morgan fingerprint density at radius 1 is 1.07 bits per heavy atom. The van der Waals surface area contributed by atoms with Crippen LogP contribution in [0.4, 0.5) is 4.39 Å². The Balaban J connectivity index is 0.000000403. The van der Waals surface area contributed by atoms with Crippen LogP contribution in [0.2, 0.25) is 0 Å². The van der Waals surface area contributed by atoms with E-state index in [1.54, 1.807) is 18.2 Å². The lowest BCUT2D eigenvalue weighted by Gasteiger charge is -2.35. The van der Waals surface area contributed by atoms with E-state index in [1.165, 1.54) is 68.0 Å². The van der Waals surface area contributed by atoms with E-state index in [-0.39, 0.29) is 5.82 Å². The minimum atomic E-state index is -0.541. The highest BCUT2D eigenvalue weighted by molar-refractivity contribution is 5.76. The van der Waals surface area contributed by atoms with Gasteiger partial charge in [0.05, 0.1) is 11.1 Å². The molecule has 4 aliphatic rings. The van der Waals surface area contributed by atoms with Gasteiger partial charge in [0, 0.05) is 44.3 Å². The van der Waals surface area contributed by atoms with Crippen LogP contribution in [0.1, 0.15) is 75.7 Å². The van der Waals surface area contributed by atoms with Crippen molar-refractivity contribution in [2.75, 3.05) is 39.3 Å². The fourth-order valence-corrected chi connectivity index (χ4v) is 8.05. The van der Waals surface area contributed by atoms with Gasteiger partial charge in [-0.05, 0) is 107 Å². The number of likely N-dealkylation sites (tertiary alicyclic amines) is 2. The number of hydrogen-bond donors (Lipinski definition) is 1. The Kier molecular flexibility index (Phi) is 9.01. The number of rotatable bonds is 8. The molecular weight excluding hydrogens is 503 g/mol. The van der Waals surface area contributed by atoms with Gasteiger partial charge in [-0.1, -0.05) is 32.0 Å². The van der Waals surface area contributed by atoms with Crippen molar-refractivity contribution in [3.05, 3.63) is 53.1 Å². The van der Waals surface area contributed by atoms with Gasteiger partial charge < -0.3 is 14.9 Å². The molecule has 5 atom stereocenters. The second kappa shape index (κ2) is 12.3. The molecule has 1 aromatic heterocycles. The average Bonchev–Trinajstić information content (AvgIpc) is 3.24. The number of carboxylic acid groups (broad SMARTS) is 1. The predicted octanol–water partition coefficient (Wildman–Crippen LogP) is 5.85. The van der Waals surface area contributed by atoms with Crippen LogP contribution in [0.3, 0.4) is 0 Å². The van der Waals surface area contributed by atoms with E-state index in [2.05, 4.69) is 42.2 Å². The normalized spacial score (nSPS) is 30.6. The summed E-state index contributed by atoms with van der Waals surface area (Å²) in [6.45, 7) is 16.5. The summed E-state index contributed by atoms with van der Waals surface area (Å²) in [6.07, 6.45) is 6.59. The molecule has 2 aliphatic heterocycles. The third kappa shape index (κ3) is 6.30. The van der Waals surface area contributed by atoms with Crippen LogP contribution in [0, 0.1) is 41.8 Å². The fraction of sp³-hybridized carbons (Fsp3) is 0.697. The molecule has 2 saturated heterocycles. The molecule has 0 bridgehead atoms. The maximum atomic E-state index is 12.2. The molecule has 40 heavy (non-hydrogen) atoms. The zero-order chi connectivity index (χ0) is 28.4. The fourth-order valence-electron chi connectivity index (χ4n) is 8.05. The molecule has 1 N–H and O–H groups in total. The lowest BCUT2D eigenvalue weighted by molar-refractivity contribution is -0.150. The summed E-state index contributed by atoms with van der Waals surface area (Å²) >= 11 is 0. The molecule has 2 aliphatic carbocycles. The highest BCUT2D eigenvalue weighted by atomic mass is 19.1. The number of carbonyl (C=O) groups is 1. The van der Waals surface area contributed by atoms with Crippen LogP contribution in [-0.2, 0) is 17.8 Å². The van der Waals surface area contributed by atoms with E-state index in [1.807, 2.05) is 0 Å². The van der Waals surface area contributed by atoms with Gasteiger partial charge in [0.25, 0.3) is 0 Å². The standard InChI is InChI=1S/C27H44N4O2.C6H5F/c1-5-24-19(4)25(31(6-2)28-24)20-7-9-29(10-8-20)15-23-16-30(14-18(23)3)17-27(26(32)33)12-21-11-22(21)13-27;7-6-4-2-1-3-5-6/h18,20-23H,5-17H2,1-4H3,(H,32,33);1-5H/t18?,21-,22+,23-,27?;/m0./s1. The van der Waals surface area contributed by atoms with Crippen molar-refractivity contribution in [2.24, 2.45) is 29.1 Å². The van der Waals surface area contributed by atoms with Crippen molar-refractivity contribution in [1.82, 2.24) is 19.6 Å². The number of hydrogen-bond acceptors (Lipinski definition) is 4. The highest BCUT2D eigenvalue weighted by Crippen LogP contribution is 2.60. The molecule has 0 radical (unpaired) electrons. The SMILES string of the molecule is CCc1nn(CC)c(C2CCN(C[C@H]3CN(CC4(C(=O)O)C[C@H]5C[C@H]5C4)CC3C)CC2)c1C.Fc1ccccc1. The number of aryl methyl sites for hydroxylation is 2. The van der Waals surface area contributed by atoms with Gasteiger partial charge in [-0.3, -0.25) is 9.48 Å². The Morgan fingerprint density at radius 3 is 2.30 bits per heavy atom. The van der Waals surface area contributed by atoms with Crippen LogP contribution in [0.25, 0.3) is 0 Å². The van der Waals surface area contributed by atoms with Crippen molar-refractivity contribution in [2.45, 2.75) is 78.7 Å². The molecule has 1 aromatic carbocycles. The minimum Gasteiger partial charge on any atom is -0.481 e. The second-order valence-corrected chi connectivity index (χ2v) is 13.2. The summed E-state index contributed by atoms with van der Waals surface area (Å²) in [5, 5.41) is 14.9. The van der Waals surface area contributed by atoms with Crippen molar-refractivity contribution >= 4 is 5.97 Å². The Morgan fingerprint density at radius 2 is 1.75 bits per heavy atom. The van der Waals surface area contributed by atoms with Crippen LogP contribution in [0.5, 0.6) is 0 Å². The van der Waals surface area contributed by atoms with Gasteiger partial charge in [-0.2, -0.15) is 5.10 Å². The number of aromatic nitrogens is 2. The van der Waals surface area contributed by atoms with E-state index >= 15 is 0 Å². The van der Waals surface area contributed by atoms with Gasteiger partial charge in [0.1, 0.15) is 5.82 Å². The molecule has 2 aromatic rings.